The van der Waals surface area contributed by atoms with E-state index in [0.29, 0.717) is 17.7 Å². The second kappa shape index (κ2) is 6.56. The number of thiophene rings is 1. The summed E-state index contributed by atoms with van der Waals surface area (Å²) >= 11 is 1.24. The molecule has 3 rings (SSSR count). The second-order valence-corrected chi connectivity index (χ2v) is 6.75. The van der Waals surface area contributed by atoms with Crippen LogP contribution in [-0.4, -0.2) is 34.6 Å². The van der Waals surface area contributed by atoms with Crippen molar-refractivity contribution in [2.45, 2.75) is 25.8 Å². The van der Waals surface area contributed by atoms with Crippen molar-refractivity contribution in [3.05, 3.63) is 34.5 Å². The average Bonchev–Trinajstić information content (AvgIpc) is 3.20. The summed E-state index contributed by atoms with van der Waals surface area (Å²) < 4.78 is 0. The molecule has 0 radical (unpaired) electrons. The first-order chi connectivity index (χ1) is 11.5. The monoisotopic (exact) mass is 347 g/mol. The van der Waals surface area contributed by atoms with Gasteiger partial charge in [-0.05, 0) is 31.2 Å². The first-order valence-electron chi connectivity index (χ1n) is 7.66. The van der Waals surface area contributed by atoms with Crippen molar-refractivity contribution in [2.75, 3.05) is 0 Å². The van der Waals surface area contributed by atoms with Crippen molar-refractivity contribution in [1.82, 2.24) is 15.8 Å². The molecule has 2 heterocycles. The largest absolute Gasteiger partial charge is 0.279 e. The molecule has 0 unspecified atom stereocenters. The zero-order chi connectivity index (χ0) is 17.3. The zero-order valence-corrected chi connectivity index (χ0v) is 13.8. The number of hydrazine groups is 1. The number of amides is 4. The van der Waals surface area contributed by atoms with E-state index in [2.05, 4.69) is 10.9 Å². The molecule has 1 fully saturated rings. The molecule has 4 amide bonds. The molecule has 7 nitrogen and oxygen atoms in total. The van der Waals surface area contributed by atoms with Gasteiger partial charge >= 0.3 is 0 Å². The van der Waals surface area contributed by atoms with Gasteiger partial charge in [0.15, 0.2) is 0 Å². The SMILES string of the molecule is C[C@@H](C(=O)NNC(=O)c1cccs1)N1C(=O)[C@H]2CC=CC[C@@H]2C1=O. The third-order valence-corrected chi connectivity index (χ3v) is 5.22. The molecule has 0 saturated carbocycles. The summed E-state index contributed by atoms with van der Waals surface area (Å²) in [6.07, 6.45) is 4.83. The third-order valence-electron chi connectivity index (χ3n) is 4.35. The van der Waals surface area contributed by atoms with Crippen molar-refractivity contribution in [2.24, 2.45) is 11.8 Å². The van der Waals surface area contributed by atoms with Crippen LogP contribution in [-0.2, 0) is 14.4 Å². The maximum Gasteiger partial charge on any atom is 0.279 e. The average molecular weight is 347 g/mol. The lowest BCUT2D eigenvalue weighted by Crippen LogP contribution is -2.53. The summed E-state index contributed by atoms with van der Waals surface area (Å²) in [6.45, 7) is 1.48. The number of rotatable bonds is 3. The first-order valence-corrected chi connectivity index (χ1v) is 8.54. The smallest absolute Gasteiger partial charge is 0.274 e. The standard InChI is InChI=1S/C16H17N3O4S/c1-9(13(20)17-18-14(21)12-7-4-8-24-12)19-15(22)10-5-2-3-6-11(10)16(19)23/h2-4,7-11H,5-6H2,1H3,(H,17,20)(H,18,21)/t9-,10-,11-/m0/s1. The fourth-order valence-corrected chi connectivity index (χ4v) is 3.64. The van der Waals surface area contributed by atoms with Crippen LogP contribution in [0.2, 0.25) is 0 Å². The molecular weight excluding hydrogens is 330 g/mol. The highest BCUT2D eigenvalue weighted by atomic mass is 32.1. The number of hydrogen-bond donors (Lipinski definition) is 2. The van der Waals surface area contributed by atoms with Crippen molar-refractivity contribution >= 4 is 35.0 Å². The number of nitrogens with zero attached hydrogens (tertiary/aromatic N) is 1. The predicted molar refractivity (Wildman–Crippen MR) is 86.6 cm³/mol. The molecule has 0 spiro atoms. The molecule has 0 aromatic carbocycles. The van der Waals surface area contributed by atoms with E-state index in [1.807, 2.05) is 12.2 Å². The predicted octanol–water partition coefficient (Wildman–Crippen LogP) is 0.849. The molecule has 1 saturated heterocycles. The Morgan fingerprint density at radius 2 is 1.79 bits per heavy atom. The Hall–Kier alpha value is -2.48. The molecule has 1 aromatic rings. The molecule has 3 atom stereocenters. The summed E-state index contributed by atoms with van der Waals surface area (Å²) in [6, 6.07) is 2.38. The van der Waals surface area contributed by atoms with Crippen LogP contribution in [0.3, 0.4) is 0 Å². The Bertz CT molecular complexity index is 687. The van der Waals surface area contributed by atoms with Crippen LogP contribution in [0.15, 0.2) is 29.7 Å². The zero-order valence-electron chi connectivity index (χ0n) is 13.0. The minimum Gasteiger partial charge on any atom is -0.274 e. The Morgan fingerprint density at radius 1 is 1.17 bits per heavy atom. The van der Waals surface area contributed by atoms with Gasteiger partial charge in [0.25, 0.3) is 11.8 Å². The van der Waals surface area contributed by atoms with Gasteiger partial charge in [0, 0.05) is 0 Å². The number of allylic oxidation sites excluding steroid dienone is 2. The molecule has 126 valence electrons. The van der Waals surface area contributed by atoms with Gasteiger partial charge in [-0.3, -0.25) is 34.9 Å². The number of fused-ring (bicyclic) bond motifs is 1. The van der Waals surface area contributed by atoms with Crippen molar-refractivity contribution < 1.29 is 19.2 Å². The van der Waals surface area contributed by atoms with E-state index in [1.54, 1.807) is 17.5 Å². The normalized spacial score (nSPS) is 23.8. The summed E-state index contributed by atoms with van der Waals surface area (Å²) in [7, 11) is 0. The highest BCUT2D eigenvalue weighted by Crippen LogP contribution is 2.35. The summed E-state index contributed by atoms with van der Waals surface area (Å²) in [5, 5.41) is 1.75. The first kappa shape index (κ1) is 16.4. The molecule has 0 bridgehead atoms. The van der Waals surface area contributed by atoms with Crippen LogP contribution in [0.25, 0.3) is 0 Å². The number of imide groups is 1. The van der Waals surface area contributed by atoms with Crippen LogP contribution in [0.4, 0.5) is 0 Å². The number of nitrogens with one attached hydrogen (secondary N) is 2. The van der Waals surface area contributed by atoms with Crippen LogP contribution in [0, 0.1) is 11.8 Å². The van der Waals surface area contributed by atoms with Gasteiger partial charge in [-0.15, -0.1) is 11.3 Å². The third kappa shape index (κ3) is 2.84. The van der Waals surface area contributed by atoms with Crippen molar-refractivity contribution in [1.29, 1.82) is 0 Å². The van der Waals surface area contributed by atoms with Gasteiger partial charge < -0.3 is 0 Å². The summed E-state index contributed by atoms with van der Waals surface area (Å²) in [5.41, 5.74) is 4.57. The second-order valence-electron chi connectivity index (χ2n) is 5.80. The van der Waals surface area contributed by atoms with Crippen LogP contribution >= 0.6 is 11.3 Å². The number of hydrogen-bond acceptors (Lipinski definition) is 5. The fraction of sp³-hybridized carbons (Fsp3) is 0.375. The Balaban J connectivity index is 1.62. The van der Waals surface area contributed by atoms with E-state index < -0.39 is 17.9 Å². The molecule has 1 aliphatic heterocycles. The van der Waals surface area contributed by atoms with Gasteiger partial charge in [0.2, 0.25) is 11.8 Å². The molecule has 1 aliphatic carbocycles. The van der Waals surface area contributed by atoms with E-state index >= 15 is 0 Å². The quantitative estimate of drug-likeness (QED) is 0.481. The maximum absolute atomic E-state index is 12.4. The Morgan fingerprint density at radius 3 is 2.33 bits per heavy atom. The summed E-state index contributed by atoms with van der Waals surface area (Å²) in [5.74, 6) is -2.43. The topological polar surface area (TPSA) is 95.6 Å². The van der Waals surface area contributed by atoms with Gasteiger partial charge in [0.05, 0.1) is 16.7 Å². The van der Waals surface area contributed by atoms with E-state index in [4.69, 9.17) is 0 Å². The molecule has 8 heteroatoms. The van der Waals surface area contributed by atoms with Crippen molar-refractivity contribution in [3.63, 3.8) is 0 Å². The van der Waals surface area contributed by atoms with Crippen LogP contribution in [0.1, 0.15) is 29.4 Å². The lowest BCUT2D eigenvalue weighted by atomic mass is 9.85. The van der Waals surface area contributed by atoms with E-state index in [0.717, 1.165) is 4.90 Å². The van der Waals surface area contributed by atoms with Gasteiger partial charge in [-0.2, -0.15) is 0 Å². The maximum atomic E-state index is 12.4. The van der Waals surface area contributed by atoms with Gasteiger partial charge in [-0.1, -0.05) is 18.2 Å². The van der Waals surface area contributed by atoms with E-state index in [-0.39, 0.29) is 23.7 Å². The number of likely N-dealkylation sites (tertiary alicyclic amines) is 1. The van der Waals surface area contributed by atoms with Crippen LogP contribution in [0.5, 0.6) is 0 Å². The van der Waals surface area contributed by atoms with Crippen molar-refractivity contribution in [3.8, 4) is 0 Å². The molecule has 2 aliphatic rings. The fourth-order valence-electron chi connectivity index (χ4n) is 3.02. The van der Waals surface area contributed by atoms with Gasteiger partial charge in [0.1, 0.15) is 6.04 Å². The lowest BCUT2D eigenvalue weighted by Gasteiger charge is -2.22. The van der Waals surface area contributed by atoms with E-state index in [9.17, 15) is 19.2 Å². The molecule has 24 heavy (non-hydrogen) atoms. The highest BCUT2D eigenvalue weighted by Gasteiger charge is 2.50. The molecule has 1 aromatic heterocycles. The highest BCUT2D eigenvalue weighted by molar-refractivity contribution is 7.12. The summed E-state index contributed by atoms with van der Waals surface area (Å²) in [4.78, 5) is 50.4. The minimum atomic E-state index is -0.973. The lowest BCUT2D eigenvalue weighted by molar-refractivity contribution is -0.147. The molecular formula is C16H17N3O4S. The minimum absolute atomic E-state index is 0.318. The van der Waals surface area contributed by atoms with E-state index in [1.165, 1.54) is 18.3 Å². The molecule has 2 N–H and O–H groups in total. The Labute approximate surface area is 142 Å². The van der Waals surface area contributed by atoms with Crippen LogP contribution < -0.4 is 10.9 Å². The number of carbonyl (C=O) groups excluding carboxylic acids is 4. The Kier molecular flexibility index (Phi) is 4.48. The van der Waals surface area contributed by atoms with Gasteiger partial charge in [-0.25, -0.2) is 0 Å². The number of carbonyl (C=O) groups is 4.